The highest BCUT2D eigenvalue weighted by Gasteiger charge is 2.37. The second-order valence-corrected chi connectivity index (χ2v) is 8.48. The van der Waals surface area contributed by atoms with Gasteiger partial charge in [0.2, 0.25) is 5.91 Å². The number of aryl methyl sites for hydroxylation is 2. The molecule has 0 unspecified atom stereocenters. The summed E-state index contributed by atoms with van der Waals surface area (Å²) in [6.07, 6.45) is -2.13. The van der Waals surface area contributed by atoms with Gasteiger partial charge in [-0.15, -0.1) is 0 Å². The molecule has 0 atom stereocenters. The molecule has 4 rings (SSSR count). The summed E-state index contributed by atoms with van der Waals surface area (Å²) in [7, 11) is 0. The molecule has 35 heavy (non-hydrogen) atoms. The third kappa shape index (κ3) is 5.26. The molecule has 1 N–H and O–H groups in total. The highest BCUT2D eigenvalue weighted by atomic mass is 19.4. The van der Waals surface area contributed by atoms with Crippen LogP contribution in [-0.4, -0.2) is 35.3 Å². The summed E-state index contributed by atoms with van der Waals surface area (Å²) in [4.78, 5) is 25.2. The van der Waals surface area contributed by atoms with Crippen molar-refractivity contribution in [3.8, 4) is 5.75 Å². The Morgan fingerprint density at radius 3 is 2.74 bits per heavy atom. The number of amides is 1. The van der Waals surface area contributed by atoms with E-state index in [4.69, 9.17) is 14.4 Å². The fraction of sp³-hybridized carbons (Fsp3) is 0.400. The normalized spacial score (nSPS) is 13.8. The van der Waals surface area contributed by atoms with E-state index in [-0.39, 0.29) is 29.9 Å². The lowest BCUT2D eigenvalue weighted by molar-refractivity contribution is -0.141. The first-order chi connectivity index (χ1) is 16.7. The number of anilines is 1. The smallest absolute Gasteiger partial charge is 0.437 e. The first-order valence-electron chi connectivity index (χ1n) is 11.4. The van der Waals surface area contributed by atoms with Gasteiger partial charge in [-0.25, -0.2) is 0 Å². The Kier molecular flexibility index (Phi) is 7.00. The van der Waals surface area contributed by atoms with Gasteiger partial charge in [-0.3, -0.25) is 9.59 Å². The maximum atomic E-state index is 13.2. The quantitative estimate of drug-likeness (QED) is 0.416. The Morgan fingerprint density at radius 1 is 1.23 bits per heavy atom. The fourth-order valence-corrected chi connectivity index (χ4v) is 4.42. The van der Waals surface area contributed by atoms with E-state index in [1.54, 1.807) is 17.0 Å². The van der Waals surface area contributed by atoms with E-state index < -0.39 is 17.8 Å². The zero-order valence-electron chi connectivity index (χ0n) is 19.2. The van der Waals surface area contributed by atoms with Crippen molar-refractivity contribution in [1.82, 2.24) is 5.16 Å². The van der Waals surface area contributed by atoms with E-state index in [2.05, 4.69) is 5.16 Å². The molecular formula is C25H25F3N2O5. The molecule has 1 aliphatic heterocycles. The molecule has 0 radical (unpaired) electrons. The maximum Gasteiger partial charge on any atom is 0.437 e. The fourth-order valence-electron chi connectivity index (χ4n) is 4.42. The Bertz CT molecular complexity index is 1250. The monoisotopic (exact) mass is 490 g/mol. The summed E-state index contributed by atoms with van der Waals surface area (Å²) in [6.45, 7) is 2.56. The van der Waals surface area contributed by atoms with Crippen molar-refractivity contribution in [1.29, 1.82) is 0 Å². The minimum absolute atomic E-state index is 0.0158. The van der Waals surface area contributed by atoms with Crippen LogP contribution < -0.4 is 9.64 Å². The average Bonchev–Trinajstić information content (AvgIpc) is 3.24. The molecule has 0 fully saturated rings. The second kappa shape index (κ2) is 9.97. The summed E-state index contributed by atoms with van der Waals surface area (Å²) in [6, 6.07) is 8.14. The van der Waals surface area contributed by atoms with Crippen LogP contribution in [0.15, 0.2) is 34.9 Å². The SMILES string of the molecule is CCCc1c(OCCCN2C(=O)CCc3cc(CC(=O)O)ccc32)ccc2c(C(F)(F)F)noc12. The van der Waals surface area contributed by atoms with Crippen LogP contribution in [-0.2, 0) is 35.0 Å². The summed E-state index contributed by atoms with van der Waals surface area (Å²) in [5.41, 5.74) is 1.96. The number of carbonyl (C=O) groups is 2. The topological polar surface area (TPSA) is 92.9 Å². The summed E-state index contributed by atoms with van der Waals surface area (Å²) < 4.78 is 50.5. The molecule has 1 amide bonds. The second-order valence-electron chi connectivity index (χ2n) is 8.48. The molecule has 7 nitrogen and oxygen atoms in total. The number of carbonyl (C=O) groups excluding carboxylic acids is 1. The Hall–Kier alpha value is -3.56. The zero-order valence-corrected chi connectivity index (χ0v) is 19.2. The molecule has 0 bridgehead atoms. The highest BCUT2D eigenvalue weighted by molar-refractivity contribution is 5.96. The third-order valence-electron chi connectivity index (χ3n) is 5.95. The lowest BCUT2D eigenvalue weighted by Crippen LogP contribution is -2.36. The van der Waals surface area contributed by atoms with Gasteiger partial charge in [0.1, 0.15) is 5.75 Å². The van der Waals surface area contributed by atoms with Gasteiger partial charge in [-0.1, -0.05) is 30.6 Å². The van der Waals surface area contributed by atoms with Crippen molar-refractivity contribution in [2.45, 2.75) is 51.6 Å². The number of aliphatic carboxylic acids is 1. The van der Waals surface area contributed by atoms with Gasteiger partial charge in [-0.2, -0.15) is 13.2 Å². The Morgan fingerprint density at radius 2 is 2.03 bits per heavy atom. The molecule has 10 heteroatoms. The summed E-state index contributed by atoms with van der Waals surface area (Å²) in [5, 5.41) is 12.1. The highest BCUT2D eigenvalue weighted by Crippen LogP contribution is 2.38. The Balaban J connectivity index is 1.45. The molecule has 2 aromatic carbocycles. The third-order valence-corrected chi connectivity index (χ3v) is 5.95. The largest absolute Gasteiger partial charge is 0.493 e. The van der Waals surface area contributed by atoms with Crippen molar-refractivity contribution in [3.63, 3.8) is 0 Å². The number of alkyl halides is 3. The maximum absolute atomic E-state index is 13.2. The van der Waals surface area contributed by atoms with Crippen LogP contribution in [0.4, 0.5) is 18.9 Å². The van der Waals surface area contributed by atoms with E-state index in [1.807, 2.05) is 13.0 Å². The van der Waals surface area contributed by atoms with Crippen LogP contribution >= 0.6 is 0 Å². The van der Waals surface area contributed by atoms with E-state index in [0.717, 1.165) is 11.3 Å². The first kappa shape index (κ1) is 24.6. The zero-order chi connectivity index (χ0) is 25.2. The molecule has 1 aliphatic rings. The van der Waals surface area contributed by atoms with Gasteiger partial charge >= 0.3 is 12.1 Å². The lowest BCUT2D eigenvalue weighted by Gasteiger charge is -2.30. The minimum atomic E-state index is -4.61. The molecular weight excluding hydrogens is 465 g/mol. The number of carboxylic acids is 1. The van der Waals surface area contributed by atoms with Crippen LogP contribution in [0.2, 0.25) is 0 Å². The standard InChI is InChI=1S/C25H25F3N2O5/c1-2-4-17-20(9-7-18-23(17)35-29-24(18)25(26,27)28)34-12-3-11-30-19-8-5-15(14-22(32)33)13-16(19)6-10-21(30)31/h5,7-9,13H,2-4,6,10-12,14H2,1H3,(H,32,33). The first-order valence-corrected chi connectivity index (χ1v) is 11.4. The molecule has 0 aliphatic carbocycles. The summed E-state index contributed by atoms with van der Waals surface area (Å²) >= 11 is 0. The molecule has 0 saturated carbocycles. The van der Waals surface area contributed by atoms with Gasteiger partial charge in [-0.05, 0) is 48.6 Å². The molecule has 186 valence electrons. The summed E-state index contributed by atoms with van der Waals surface area (Å²) in [5.74, 6) is -0.489. The van der Waals surface area contributed by atoms with Crippen molar-refractivity contribution < 1.29 is 37.1 Å². The van der Waals surface area contributed by atoms with Gasteiger partial charge in [0.25, 0.3) is 0 Å². The van der Waals surface area contributed by atoms with Crippen LogP contribution in [0.3, 0.4) is 0 Å². The number of halogens is 3. The number of hydrogen-bond donors (Lipinski definition) is 1. The molecule has 1 aromatic heterocycles. The van der Waals surface area contributed by atoms with Crippen molar-refractivity contribution in [3.05, 3.63) is 52.7 Å². The van der Waals surface area contributed by atoms with Crippen LogP contribution in [0.25, 0.3) is 11.0 Å². The number of carboxylic acid groups (broad SMARTS) is 1. The van der Waals surface area contributed by atoms with Gasteiger partial charge in [0, 0.05) is 24.2 Å². The van der Waals surface area contributed by atoms with Gasteiger partial charge in [0.15, 0.2) is 11.3 Å². The van der Waals surface area contributed by atoms with Crippen molar-refractivity contribution >= 4 is 28.5 Å². The van der Waals surface area contributed by atoms with Crippen molar-refractivity contribution in [2.24, 2.45) is 0 Å². The molecule has 0 spiro atoms. The molecule has 3 aromatic rings. The number of nitrogens with zero attached hydrogens (tertiary/aromatic N) is 2. The number of aromatic nitrogens is 1. The number of fused-ring (bicyclic) bond motifs is 2. The Labute approximate surface area is 199 Å². The van der Waals surface area contributed by atoms with E-state index in [9.17, 15) is 22.8 Å². The predicted molar refractivity (Wildman–Crippen MR) is 122 cm³/mol. The van der Waals surface area contributed by atoms with E-state index >= 15 is 0 Å². The average molecular weight is 490 g/mol. The number of benzene rings is 2. The molecule has 0 saturated heterocycles. The number of hydrogen-bond acceptors (Lipinski definition) is 5. The van der Waals surface area contributed by atoms with E-state index in [0.29, 0.717) is 55.5 Å². The van der Waals surface area contributed by atoms with Gasteiger partial charge < -0.3 is 19.3 Å². The molecule has 2 heterocycles. The van der Waals surface area contributed by atoms with Gasteiger partial charge in [0.05, 0.1) is 18.4 Å². The van der Waals surface area contributed by atoms with Crippen LogP contribution in [0.5, 0.6) is 5.75 Å². The lowest BCUT2D eigenvalue weighted by atomic mass is 9.97. The number of rotatable bonds is 9. The predicted octanol–water partition coefficient (Wildman–Crippen LogP) is 5.17. The van der Waals surface area contributed by atoms with Crippen molar-refractivity contribution in [2.75, 3.05) is 18.1 Å². The van der Waals surface area contributed by atoms with Crippen LogP contribution in [0, 0.1) is 0 Å². The van der Waals surface area contributed by atoms with Crippen LogP contribution in [0.1, 0.15) is 48.6 Å². The van der Waals surface area contributed by atoms with E-state index in [1.165, 1.54) is 12.1 Å². The minimum Gasteiger partial charge on any atom is -0.493 e. The number of ether oxygens (including phenoxy) is 1.